The lowest BCUT2D eigenvalue weighted by Crippen LogP contribution is -2.54. The molecule has 0 saturated carbocycles. The molecule has 5 nitrogen and oxygen atoms in total. The smallest absolute Gasteiger partial charge is 0.191 e. The summed E-state index contributed by atoms with van der Waals surface area (Å²) in [6.45, 7) is 1.58. The van der Waals surface area contributed by atoms with Gasteiger partial charge in [-0.2, -0.15) is 5.10 Å². The van der Waals surface area contributed by atoms with Gasteiger partial charge in [-0.15, -0.1) is 0 Å². The number of fused-ring (bicyclic) bond motifs is 3. The topological polar surface area (TPSA) is 48.9 Å². The zero-order valence-corrected chi connectivity index (χ0v) is 11.8. The molecule has 104 valence electrons. The first-order valence-electron chi connectivity index (χ1n) is 6.95. The maximum atomic E-state index is 5.67. The predicted octanol–water partition coefficient (Wildman–Crippen LogP) is 1.51. The summed E-state index contributed by atoms with van der Waals surface area (Å²) >= 11 is 5.41. The zero-order valence-electron chi connectivity index (χ0n) is 11.0. The summed E-state index contributed by atoms with van der Waals surface area (Å²) < 4.78 is 5.67. The van der Waals surface area contributed by atoms with E-state index in [1.807, 2.05) is 17.1 Å². The van der Waals surface area contributed by atoms with E-state index in [1.165, 1.54) is 0 Å². The number of para-hydroxylation sites is 1. The van der Waals surface area contributed by atoms with Gasteiger partial charge in [0, 0.05) is 17.9 Å². The maximum Gasteiger partial charge on any atom is 0.191 e. The third-order valence-electron chi connectivity index (χ3n) is 3.91. The minimum atomic E-state index is -0.0133. The van der Waals surface area contributed by atoms with Crippen LogP contribution in [0.2, 0.25) is 0 Å². The highest BCUT2D eigenvalue weighted by molar-refractivity contribution is 7.80. The molecule has 0 spiro atoms. The Morgan fingerprint density at radius 2 is 2.25 bits per heavy atom. The number of nitrogens with one attached hydrogen (secondary N) is 2. The van der Waals surface area contributed by atoms with Crippen molar-refractivity contribution in [1.82, 2.24) is 10.3 Å². The fraction of sp³-hybridized carbons (Fsp3) is 0.429. The number of hydrogen-bond acceptors (Lipinski definition) is 4. The van der Waals surface area contributed by atoms with Gasteiger partial charge in [0.15, 0.2) is 5.11 Å². The second-order valence-corrected chi connectivity index (χ2v) is 5.66. The molecule has 2 N–H and O–H groups in total. The van der Waals surface area contributed by atoms with Crippen LogP contribution in [0, 0.1) is 0 Å². The number of hydrazone groups is 1. The van der Waals surface area contributed by atoms with Gasteiger partial charge in [-0.1, -0.05) is 18.2 Å². The van der Waals surface area contributed by atoms with Crippen molar-refractivity contribution in [2.75, 3.05) is 18.5 Å². The molecule has 1 saturated heterocycles. The summed E-state index contributed by atoms with van der Waals surface area (Å²) in [5.41, 5.74) is 3.25. The lowest BCUT2D eigenvalue weighted by molar-refractivity contribution is 0.0911. The maximum absolute atomic E-state index is 5.67. The molecular weight excluding hydrogens is 272 g/mol. The molecule has 2 atom stereocenters. The molecule has 0 aliphatic carbocycles. The number of ether oxygens (including phenoxy) is 1. The van der Waals surface area contributed by atoms with Gasteiger partial charge in [0.25, 0.3) is 0 Å². The Kier molecular flexibility index (Phi) is 2.85. The van der Waals surface area contributed by atoms with Crippen LogP contribution in [0.25, 0.3) is 0 Å². The standard InChI is InChI=1S/C14H16N4OS/c20-14-16-13-12(10-5-1-2-6-11(10)15-13)17-18(14)8-9-4-3-7-19-9/h1-2,5-6,9,13,15H,3-4,7-8H2,(H,16,20)/t9-,13+/m0/s1. The van der Waals surface area contributed by atoms with E-state index in [1.54, 1.807) is 0 Å². The number of thiocarbonyl (C=S) groups is 1. The Bertz CT molecular complexity index is 582. The van der Waals surface area contributed by atoms with E-state index >= 15 is 0 Å². The minimum Gasteiger partial charge on any atom is -0.376 e. The molecule has 0 aromatic heterocycles. The average Bonchev–Trinajstić information content (AvgIpc) is 3.07. The van der Waals surface area contributed by atoms with Gasteiger partial charge >= 0.3 is 0 Å². The van der Waals surface area contributed by atoms with Crippen LogP contribution in [0.1, 0.15) is 18.4 Å². The van der Waals surface area contributed by atoms with E-state index in [4.69, 9.17) is 22.1 Å². The number of rotatable bonds is 2. The van der Waals surface area contributed by atoms with Crippen LogP contribution in [-0.4, -0.2) is 41.3 Å². The third kappa shape index (κ3) is 1.96. The van der Waals surface area contributed by atoms with E-state index in [0.717, 1.165) is 43.0 Å². The Morgan fingerprint density at radius 1 is 1.35 bits per heavy atom. The van der Waals surface area contributed by atoms with Crippen LogP contribution in [0.4, 0.5) is 5.69 Å². The van der Waals surface area contributed by atoms with Crippen molar-refractivity contribution in [2.24, 2.45) is 5.10 Å². The third-order valence-corrected chi connectivity index (χ3v) is 4.24. The van der Waals surface area contributed by atoms with Crippen LogP contribution in [0.5, 0.6) is 0 Å². The van der Waals surface area contributed by atoms with Crippen molar-refractivity contribution in [3.8, 4) is 0 Å². The first kappa shape index (κ1) is 12.1. The summed E-state index contributed by atoms with van der Waals surface area (Å²) in [5, 5.41) is 14.0. The molecular formula is C14H16N4OS. The quantitative estimate of drug-likeness (QED) is 0.808. The SMILES string of the molecule is S=C1N[C@H]2Nc3ccccc3C2=NN1C[C@@H]1CCCO1. The molecule has 3 aliphatic rings. The molecule has 0 amide bonds. The molecule has 20 heavy (non-hydrogen) atoms. The Morgan fingerprint density at radius 3 is 3.10 bits per heavy atom. The van der Waals surface area contributed by atoms with Crippen molar-refractivity contribution in [3.05, 3.63) is 29.8 Å². The van der Waals surface area contributed by atoms with E-state index < -0.39 is 0 Å². The minimum absolute atomic E-state index is 0.0133. The van der Waals surface area contributed by atoms with Gasteiger partial charge in [-0.3, -0.25) is 0 Å². The van der Waals surface area contributed by atoms with E-state index in [0.29, 0.717) is 5.11 Å². The predicted molar refractivity (Wildman–Crippen MR) is 81.8 cm³/mol. The summed E-state index contributed by atoms with van der Waals surface area (Å²) in [7, 11) is 0. The molecule has 0 radical (unpaired) electrons. The molecule has 3 heterocycles. The Hall–Kier alpha value is -1.66. The zero-order chi connectivity index (χ0) is 13.5. The van der Waals surface area contributed by atoms with Crippen LogP contribution in [0.3, 0.4) is 0 Å². The fourth-order valence-electron chi connectivity index (χ4n) is 2.91. The number of hydrogen-bond donors (Lipinski definition) is 2. The second-order valence-electron chi connectivity index (χ2n) is 5.27. The van der Waals surface area contributed by atoms with Gasteiger partial charge in [0.2, 0.25) is 0 Å². The largest absolute Gasteiger partial charge is 0.376 e. The summed E-state index contributed by atoms with van der Waals surface area (Å²) in [6, 6.07) is 8.20. The van der Waals surface area contributed by atoms with E-state index in [9.17, 15) is 0 Å². The first-order valence-corrected chi connectivity index (χ1v) is 7.36. The molecule has 3 aliphatic heterocycles. The van der Waals surface area contributed by atoms with Crippen molar-refractivity contribution in [3.63, 3.8) is 0 Å². The van der Waals surface area contributed by atoms with Gasteiger partial charge in [-0.05, 0) is 31.1 Å². The summed E-state index contributed by atoms with van der Waals surface area (Å²) in [4.78, 5) is 0. The molecule has 4 rings (SSSR count). The highest BCUT2D eigenvalue weighted by Crippen LogP contribution is 2.27. The van der Waals surface area contributed by atoms with Gasteiger partial charge < -0.3 is 15.4 Å². The Balaban J connectivity index is 1.62. The van der Waals surface area contributed by atoms with Crippen molar-refractivity contribution in [2.45, 2.75) is 25.1 Å². The normalized spacial score (nSPS) is 27.5. The van der Waals surface area contributed by atoms with Crippen molar-refractivity contribution >= 4 is 28.7 Å². The lowest BCUT2D eigenvalue weighted by atomic mass is 10.1. The van der Waals surface area contributed by atoms with Gasteiger partial charge in [-0.25, -0.2) is 5.01 Å². The second kappa shape index (κ2) is 4.71. The molecule has 6 heteroatoms. The first-order chi connectivity index (χ1) is 9.81. The van der Waals surface area contributed by atoms with Crippen molar-refractivity contribution in [1.29, 1.82) is 0 Å². The highest BCUT2D eigenvalue weighted by atomic mass is 32.1. The van der Waals surface area contributed by atoms with Crippen LogP contribution in [0.15, 0.2) is 29.4 Å². The van der Waals surface area contributed by atoms with Crippen LogP contribution >= 0.6 is 12.2 Å². The highest BCUT2D eigenvalue weighted by Gasteiger charge is 2.34. The Labute approximate surface area is 123 Å². The molecule has 0 unspecified atom stereocenters. The van der Waals surface area contributed by atoms with E-state index in [2.05, 4.69) is 22.8 Å². The van der Waals surface area contributed by atoms with Gasteiger partial charge in [0.05, 0.1) is 12.6 Å². The molecule has 0 bridgehead atoms. The van der Waals surface area contributed by atoms with Gasteiger partial charge in [0.1, 0.15) is 11.9 Å². The monoisotopic (exact) mass is 288 g/mol. The van der Waals surface area contributed by atoms with Crippen molar-refractivity contribution < 1.29 is 4.74 Å². The number of benzene rings is 1. The summed E-state index contributed by atoms with van der Waals surface area (Å²) in [5.74, 6) is 0. The van der Waals surface area contributed by atoms with Crippen LogP contribution < -0.4 is 10.6 Å². The molecule has 1 aromatic carbocycles. The number of nitrogens with zero attached hydrogens (tertiary/aromatic N) is 2. The van der Waals surface area contributed by atoms with E-state index in [-0.39, 0.29) is 12.3 Å². The van der Waals surface area contributed by atoms with Crippen LogP contribution in [-0.2, 0) is 4.74 Å². The number of anilines is 1. The fourth-order valence-corrected chi connectivity index (χ4v) is 3.14. The average molecular weight is 288 g/mol. The lowest BCUT2D eigenvalue weighted by Gasteiger charge is -2.31. The molecule has 1 aromatic rings. The molecule has 1 fully saturated rings. The summed E-state index contributed by atoms with van der Waals surface area (Å²) in [6.07, 6.45) is 2.44.